The van der Waals surface area contributed by atoms with E-state index in [2.05, 4.69) is 25.2 Å². The Hall–Kier alpha value is -0.340. The van der Waals surface area contributed by atoms with E-state index in [9.17, 15) is 0 Å². The zero-order valence-electron chi connectivity index (χ0n) is 11.4. The second kappa shape index (κ2) is 11.7. The van der Waals surface area contributed by atoms with Crippen molar-refractivity contribution in [2.75, 3.05) is 7.05 Å². The van der Waals surface area contributed by atoms with Gasteiger partial charge in [-0.05, 0) is 32.0 Å². The van der Waals surface area contributed by atoms with Crippen molar-refractivity contribution in [3.05, 3.63) is 21.4 Å². The minimum absolute atomic E-state index is 1.02. The molecule has 1 aromatic heterocycles. The maximum absolute atomic E-state index is 3.18. The molecule has 0 atom stereocenters. The first-order valence-electron chi connectivity index (χ1n) is 6.00. The third kappa shape index (κ3) is 6.69. The second-order valence-electron chi connectivity index (χ2n) is 2.69. The lowest BCUT2D eigenvalue weighted by atomic mass is 10.2. The van der Waals surface area contributed by atoms with Crippen LogP contribution in [0.2, 0.25) is 0 Å². The second-order valence-corrected chi connectivity index (χ2v) is 4.03. The molecule has 1 aromatic rings. The maximum Gasteiger partial charge on any atom is 0.0299 e. The van der Waals surface area contributed by atoms with Crippen molar-refractivity contribution in [1.82, 2.24) is 5.32 Å². The van der Waals surface area contributed by atoms with Gasteiger partial charge in [0, 0.05) is 16.3 Å². The first-order valence-corrected chi connectivity index (χ1v) is 6.82. The first kappa shape index (κ1) is 17.1. The largest absolute Gasteiger partial charge is 0.315 e. The average molecular weight is 229 g/mol. The normalized spacial score (nSPS) is 8.47. The summed E-state index contributed by atoms with van der Waals surface area (Å²) in [6, 6.07) is 2.29. The molecule has 0 saturated carbocycles. The molecule has 1 N–H and O–H groups in total. The molecular weight excluding hydrogens is 202 g/mol. The molecule has 2 heteroatoms. The van der Waals surface area contributed by atoms with Crippen molar-refractivity contribution < 1.29 is 0 Å². The molecule has 0 aliphatic rings. The zero-order chi connectivity index (χ0) is 12.3. The van der Waals surface area contributed by atoms with Crippen LogP contribution in [0.25, 0.3) is 0 Å². The summed E-state index contributed by atoms with van der Waals surface area (Å²) in [6.45, 7) is 13.4. The van der Waals surface area contributed by atoms with Gasteiger partial charge in [0.15, 0.2) is 0 Å². The molecule has 0 aromatic carbocycles. The quantitative estimate of drug-likeness (QED) is 0.810. The van der Waals surface area contributed by atoms with Crippen molar-refractivity contribution in [3.63, 3.8) is 0 Å². The third-order valence-corrected chi connectivity index (χ3v) is 2.83. The minimum Gasteiger partial charge on any atom is -0.315 e. The van der Waals surface area contributed by atoms with Gasteiger partial charge in [0.05, 0.1) is 0 Å². The molecule has 0 saturated heterocycles. The van der Waals surface area contributed by atoms with Gasteiger partial charge in [-0.15, -0.1) is 11.3 Å². The standard InChI is InChI=1S/C9H15NS.2C2H6/c1-4-8-5-7(2)11-9(8)6-10-3;2*1-2/h5,10H,4,6H2,1-3H3;2*1-2H3. The fourth-order valence-corrected chi connectivity index (χ4v) is 2.37. The molecule has 90 valence electrons. The molecule has 1 nitrogen and oxygen atoms in total. The van der Waals surface area contributed by atoms with Crippen molar-refractivity contribution in [1.29, 1.82) is 0 Å². The topological polar surface area (TPSA) is 12.0 Å². The van der Waals surface area contributed by atoms with E-state index < -0.39 is 0 Å². The maximum atomic E-state index is 3.18. The van der Waals surface area contributed by atoms with E-state index >= 15 is 0 Å². The summed E-state index contributed by atoms with van der Waals surface area (Å²) in [5.41, 5.74) is 1.50. The lowest BCUT2D eigenvalue weighted by molar-refractivity contribution is 0.821. The number of hydrogen-bond acceptors (Lipinski definition) is 2. The summed E-state index contributed by atoms with van der Waals surface area (Å²) in [5, 5.41) is 3.18. The van der Waals surface area contributed by atoms with E-state index in [1.165, 1.54) is 15.3 Å². The molecule has 0 aliphatic carbocycles. The van der Waals surface area contributed by atoms with Crippen LogP contribution >= 0.6 is 11.3 Å². The lowest BCUT2D eigenvalue weighted by Gasteiger charge is -1.97. The van der Waals surface area contributed by atoms with Crippen LogP contribution in [0.3, 0.4) is 0 Å². The number of nitrogens with one attached hydrogen (secondary N) is 1. The van der Waals surface area contributed by atoms with Gasteiger partial charge in [0.1, 0.15) is 0 Å². The smallest absolute Gasteiger partial charge is 0.0299 e. The summed E-state index contributed by atoms with van der Waals surface area (Å²) in [5.74, 6) is 0. The summed E-state index contributed by atoms with van der Waals surface area (Å²) in [6.07, 6.45) is 1.15. The number of rotatable bonds is 3. The molecule has 0 spiro atoms. The van der Waals surface area contributed by atoms with Crippen molar-refractivity contribution >= 4 is 11.3 Å². The highest BCUT2D eigenvalue weighted by molar-refractivity contribution is 7.12. The van der Waals surface area contributed by atoms with E-state index in [1.807, 2.05) is 46.1 Å². The molecule has 1 rings (SSSR count). The predicted octanol–water partition coefficient (Wildman–Crippen LogP) is 4.39. The highest BCUT2D eigenvalue weighted by Gasteiger charge is 2.02. The summed E-state index contributed by atoms with van der Waals surface area (Å²) in [4.78, 5) is 2.92. The molecule has 0 radical (unpaired) electrons. The van der Waals surface area contributed by atoms with Gasteiger partial charge in [-0.1, -0.05) is 34.6 Å². The summed E-state index contributed by atoms with van der Waals surface area (Å²) in [7, 11) is 1.99. The van der Waals surface area contributed by atoms with E-state index in [0.717, 1.165) is 13.0 Å². The van der Waals surface area contributed by atoms with Crippen molar-refractivity contribution in [2.45, 2.75) is 54.5 Å². The van der Waals surface area contributed by atoms with Crippen molar-refractivity contribution in [2.24, 2.45) is 0 Å². The highest BCUT2D eigenvalue weighted by atomic mass is 32.1. The lowest BCUT2D eigenvalue weighted by Crippen LogP contribution is -2.04. The predicted molar refractivity (Wildman–Crippen MR) is 73.9 cm³/mol. The molecular formula is C13H27NS. The van der Waals surface area contributed by atoms with Crippen LogP contribution in [-0.4, -0.2) is 7.05 Å². The minimum atomic E-state index is 1.02. The average Bonchev–Trinajstić information content (AvgIpc) is 2.65. The number of aryl methyl sites for hydroxylation is 2. The van der Waals surface area contributed by atoms with Crippen LogP contribution in [0.15, 0.2) is 6.07 Å². The van der Waals surface area contributed by atoms with Gasteiger partial charge in [-0.3, -0.25) is 0 Å². The fraction of sp³-hybridized carbons (Fsp3) is 0.692. The van der Waals surface area contributed by atoms with Gasteiger partial charge in [0.2, 0.25) is 0 Å². The number of hydrogen-bond donors (Lipinski definition) is 1. The van der Waals surface area contributed by atoms with E-state index in [0.29, 0.717) is 0 Å². The third-order valence-electron chi connectivity index (χ3n) is 1.74. The Kier molecular flexibility index (Phi) is 13.4. The van der Waals surface area contributed by atoms with Gasteiger partial charge in [-0.25, -0.2) is 0 Å². The van der Waals surface area contributed by atoms with Gasteiger partial charge < -0.3 is 5.32 Å². The van der Waals surface area contributed by atoms with E-state index in [4.69, 9.17) is 0 Å². The molecule has 0 amide bonds. The molecule has 15 heavy (non-hydrogen) atoms. The van der Waals surface area contributed by atoms with Crippen LogP contribution in [0.5, 0.6) is 0 Å². The summed E-state index contributed by atoms with van der Waals surface area (Å²) < 4.78 is 0. The Morgan fingerprint density at radius 1 is 1.20 bits per heavy atom. The molecule has 0 unspecified atom stereocenters. The summed E-state index contributed by atoms with van der Waals surface area (Å²) >= 11 is 1.90. The van der Waals surface area contributed by atoms with Gasteiger partial charge in [0.25, 0.3) is 0 Å². The zero-order valence-corrected chi connectivity index (χ0v) is 12.2. The van der Waals surface area contributed by atoms with Crippen LogP contribution in [0, 0.1) is 6.92 Å². The Bertz CT molecular complexity index is 228. The van der Waals surface area contributed by atoms with Crippen LogP contribution in [0.1, 0.15) is 49.9 Å². The Morgan fingerprint density at radius 3 is 2.13 bits per heavy atom. The van der Waals surface area contributed by atoms with Gasteiger partial charge >= 0.3 is 0 Å². The number of thiophene rings is 1. The van der Waals surface area contributed by atoms with Crippen molar-refractivity contribution in [3.8, 4) is 0 Å². The first-order chi connectivity index (χ1) is 7.27. The monoisotopic (exact) mass is 229 g/mol. The Morgan fingerprint density at radius 2 is 1.73 bits per heavy atom. The molecule has 0 aliphatic heterocycles. The van der Waals surface area contributed by atoms with Crippen LogP contribution in [-0.2, 0) is 13.0 Å². The van der Waals surface area contributed by atoms with Crippen LogP contribution in [0.4, 0.5) is 0 Å². The highest BCUT2D eigenvalue weighted by Crippen LogP contribution is 2.21. The van der Waals surface area contributed by atoms with Crippen LogP contribution < -0.4 is 5.32 Å². The Labute approximate surface area is 99.9 Å². The van der Waals surface area contributed by atoms with Gasteiger partial charge in [-0.2, -0.15) is 0 Å². The van der Waals surface area contributed by atoms with E-state index in [-0.39, 0.29) is 0 Å². The fourth-order valence-electron chi connectivity index (χ4n) is 1.22. The van der Waals surface area contributed by atoms with E-state index in [1.54, 1.807) is 0 Å². The SMILES string of the molecule is CC.CC.CCc1cc(C)sc1CNC. The molecule has 0 fully saturated rings. The molecule has 0 bridgehead atoms. The molecule has 1 heterocycles. The Balaban J connectivity index is 0.